The fraction of sp³-hybridized carbons (Fsp3) is 1.00. The molecule has 2 fully saturated rings. The number of rotatable bonds is 3. The van der Waals surface area contributed by atoms with Crippen LogP contribution in [0.2, 0.25) is 0 Å². The van der Waals surface area contributed by atoms with Crippen molar-refractivity contribution < 1.29 is 9.84 Å². The molecule has 0 aliphatic carbocycles. The van der Waals surface area contributed by atoms with Crippen molar-refractivity contribution in [1.29, 1.82) is 0 Å². The number of aliphatic hydroxyl groups excluding tert-OH is 1. The van der Waals surface area contributed by atoms with Gasteiger partial charge in [0.1, 0.15) is 0 Å². The van der Waals surface area contributed by atoms with Gasteiger partial charge in [0.05, 0.1) is 6.61 Å². The molecule has 1 N–H and O–H groups in total. The summed E-state index contributed by atoms with van der Waals surface area (Å²) in [6, 6.07) is 0.633. The third-order valence-corrected chi connectivity index (χ3v) is 3.80. The lowest BCUT2D eigenvalue weighted by molar-refractivity contribution is 0.137. The Balaban J connectivity index is 1.83. The average molecular weight is 199 g/mol. The predicted octanol–water partition coefficient (Wildman–Crippen LogP) is 0.726. The van der Waals surface area contributed by atoms with Gasteiger partial charge in [-0.15, -0.1) is 0 Å². The van der Waals surface area contributed by atoms with Gasteiger partial charge in [0, 0.05) is 25.8 Å². The van der Waals surface area contributed by atoms with E-state index in [4.69, 9.17) is 9.84 Å². The van der Waals surface area contributed by atoms with Gasteiger partial charge in [-0.2, -0.15) is 0 Å². The summed E-state index contributed by atoms with van der Waals surface area (Å²) in [7, 11) is 0. The van der Waals surface area contributed by atoms with Crippen molar-refractivity contribution in [1.82, 2.24) is 4.90 Å². The molecule has 0 aromatic heterocycles. The molecule has 0 aromatic rings. The molecule has 3 heteroatoms. The summed E-state index contributed by atoms with van der Waals surface area (Å²) in [6.07, 6.45) is 2.37. The van der Waals surface area contributed by atoms with E-state index in [0.717, 1.165) is 32.7 Å². The second-order valence-corrected chi connectivity index (χ2v) is 4.70. The number of hydrogen-bond donors (Lipinski definition) is 1. The maximum Gasteiger partial charge on any atom is 0.0509 e. The number of nitrogens with zero attached hydrogens (tertiary/aromatic N) is 1. The number of hydrogen-bond acceptors (Lipinski definition) is 3. The highest BCUT2D eigenvalue weighted by Crippen LogP contribution is 2.25. The molecule has 0 bridgehead atoms. The van der Waals surface area contributed by atoms with Gasteiger partial charge >= 0.3 is 0 Å². The topological polar surface area (TPSA) is 32.7 Å². The minimum Gasteiger partial charge on any atom is -0.396 e. The molecule has 0 radical (unpaired) electrons. The Bertz CT molecular complexity index is 180. The number of ether oxygens (including phenoxy) is 1. The van der Waals surface area contributed by atoms with Crippen LogP contribution in [0.4, 0.5) is 0 Å². The minimum atomic E-state index is 0.352. The Labute approximate surface area is 86.0 Å². The van der Waals surface area contributed by atoms with E-state index in [1.165, 1.54) is 6.42 Å². The monoisotopic (exact) mass is 199 g/mol. The molecule has 14 heavy (non-hydrogen) atoms. The van der Waals surface area contributed by atoms with Crippen LogP contribution in [0.5, 0.6) is 0 Å². The molecule has 0 spiro atoms. The van der Waals surface area contributed by atoms with Crippen LogP contribution in [0.25, 0.3) is 0 Å². The molecule has 2 heterocycles. The van der Waals surface area contributed by atoms with E-state index in [1.54, 1.807) is 0 Å². The summed E-state index contributed by atoms with van der Waals surface area (Å²) in [4.78, 5) is 2.51. The first-order chi connectivity index (χ1) is 6.81. The van der Waals surface area contributed by atoms with Gasteiger partial charge in [0.25, 0.3) is 0 Å². The summed E-state index contributed by atoms with van der Waals surface area (Å²) in [5.74, 6) is 1.23. The van der Waals surface area contributed by atoms with Crippen LogP contribution in [0.3, 0.4) is 0 Å². The summed E-state index contributed by atoms with van der Waals surface area (Å²) >= 11 is 0. The molecule has 2 saturated heterocycles. The largest absolute Gasteiger partial charge is 0.396 e. The quantitative estimate of drug-likeness (QED) is 0.727. The molecule has 0 aromatic carbocycles. The molecular weight excluding hydrogens is 178 g/mol. The van der Waals surface area contributed by atoms with Gasteiger partial charge in [-0.25, -0.2) is 0 Å². The molecule has 0 amide bonds. The summed E-state index contributed by atoms with van der Waals surface area (Å²) < 4.78 is 5.41. The number of aliphatic hydroxyl groups is 1. The lowest BCUT2D eigenvalue weighted by Crippen LogP contribution is -2.37. The predicted molar refractivity (Wildman–Crippen MR) is 55.2 cm³/mol. The first kappa shape index (κ1) is 10.4. The van der Waals surface area contributed by atoms with E-state index in [1.807, 2.05) is 0 Å². The standard InChI is InChI=1S/C11H21NO2/c1-9(11-3-5-14-8-11)12-4-2-10(6-12)7-13/h9-11,13H,2-8H2,1H3. The first-order valence-electron chi connectivity index (χ1n) is 5.74. The van der Waals surface area contributed by atoms with Crippen molar-refractivity contribution in [3.8, 4) is 0 Å². The van der Waals surface area contributed by atoms with Gasteiger partial charge in [-0.05, 0) is 38.1 Å². The second-order valence-electron chi connectivity index (χ2n) is 4.70. The zero-order valence-corrected chi connectivity index (χ0v) is 8.98. The van der Waals surface area contributed by atoms with Crippen LogP contribution in [0, 0.1) is 11.8 Å². The van der Waals surface area contributed by atoms with Gasteiger partial charge in [-0.1, -0.05) is 0 Å². The zero-order chi connectivity index (χ0) is 9.97. The van der Waals surface area contributed by atoms with E-state index >= 15 is 0 Å². The normalized spacial score (nSPS) is 36.4. The highest BCUT2D eigenvalue weighted by molar-refractivity contribution is 4.84. The van der Waals surface area contributed by atoms with Crippen LogP contribution < -0.4 is 0 Å². The molecule has 3 nitrogen and oxygen atoms in total. The van der Waals surface area contributed by atoms with E-state index in [9.17, 15) is 0 Å². The Morgan fingerprint density at radius 3 is 2.93 bits per heavy atom. The average Bonchev–Trinajstić information content (AvgIpc) is 2.88. The lowest BCUT2D eigenvalue weighted by atomic mass is 9.99. The molecule has 82 valence electrons. The molecule has 3 unspecified atom stereocenters. The van der Waals surface area contributed by atoms with E-state index in [2.05, 4.69) is 11.8 Å². The van der Waals surface area contributed by atoms with Crippen molar-refractivity contribution in [2.24, 2.45) is 11.8 Å². The van der Waals surface area contributed by atoms with Crippen molar-refractivity contribution in [3.63, 3.8) is 0 Å². The molecular formula is C11H21NO2. The smallest absolute Gasteiger partial charge is 0.0509 e. The molecule has 3 atom stereocenters. The van der Waals surface area contributed by atoms with Crippen molar-refractivity contribution in [2.75, 3.05) is 32.9 Å². The van der Waals surface area contributed by atoms with Gasteiger partial charge in [0.2, 0.25) is 0 Å². The van der Waals surface area contributed by atoms with E-state index in [-0.39, 0.29) is 0 Å². The Kier molecular flexibility index (Phi) is 3.42. The lowest BCUT2D eigenvalue weighted by Gasteiger charge is -2.28. The molecule has 2 rings (SSSR count). The van der Waals surface area contributed by atoms with Crippen molar-refractivity contribution >= 4 is 0 Å². The summed E-state index contributed by atoms with van der Waals surface area (Å²) in [5.41, 5.74) is 0. The van der Waals surface area contributed by atoms with E-state index in [0.29, 0.717) is 24.5 Å². The summed E-state index contributed by atoms with van der Waals surface area (Å²) in [6.45, 7) is 6.76. The number of likely N-dealkylation sites (tertiary alicyclic amines) is 1. The SMILES string of the molecule is CC(C1CCOC1)N1CCC(CO)C1. The van der Waals surface area contributed by atoms with Crippen molar-refractivity contribution in [2.45, 2.75) is 25.8 Å². The highest BCUT2D eigenvalue weighted by Gasteiger charge is 2.31. The van der Waals surface area contributed by atoms with Crippen LogP contribution in [-0.4, -0.2) is 49.0 Å². The van der Waals surface area contributed by atoms with Crippen LogP contribution in [0.1, 0.15) is 19.8 Å². The minimum absolute atomic E-state index is 0.352. The van der Waals surface area contributed by atoms with Crippen LogP contribution in [0.15, 0.2) is 0 Å². The Hall–Kier alpha value is -0.120. The fourth-order valence-corrected chi connectivity index (χ4v) is 2.61. The maximum absolute atomic E-state index is 9.08. The van der Waals surface area contributed by atoms with Gasteiger partial charge in [-0.3, -0.25) is 4.90 Å². The maximum atomic E-state index is 9.08. The van der Waals surface area contributed by atoms with E-state index < -0.39 is 0 Å². The van der Waals surface area contributed by atoms with Gasteiger partial charge in [0.15, 0.2) is 0 Å². The van der Waals surface area contributed by atoms with Gasteiger partial charge < -0.3 is 9.84 Å². The molecule has 2 aliphatic rings. The first-order valence-corrected chi connectivity index (χ1v) is 5.74. The van der Waals surface area contributed by atoms with Crippen molar-refractivity contribution in [3.05, 3.63) is 0 Å². The Morgan fingerprint density at radius 2 is 2.36 bits per heavy atom. The highest BCUT2D eigenvalue weighted by atomic mass is 16.5. The van der Waals surface area contributed by atoms with Crippen LogP contribution in [-0.2, 0) is 4.74 Å². The zero-order valence-electron chi connectivity index (χ0n) is 8.98. The summed E-state index contributed by atoms with van der Waals surface area (Å²) in [5, 5.41) is 9.08. The Morgan fingerprint density at radius 1 is 1.50 bits per heavy atom. The fourth-order valence-electron chi connectivity index (χ4n) is 2.61. The third kappa shape index (κ3) is 2.10. The third-order valence-electron chi connectivity index (χ3n) is 3.80. The van der Waals surface area contributed by atoms with Crippen LogP contribution >= 0.6 is 0 Å². The molecule has 2 aliphatic heterocycles. The second kappa shape index (κ2) is 4.60. The molecule has 0 saturated carbocycles.